The van der Waals surface area contributed by atoms with Crippen LogP contribution < -0.4 is 5.32 Å². The Kier molecular flexibility index (Phi) is 7.09. The molecule has 1 rings (SSSR count). The van der Waals surface area contributed by atoms with Gasteiger partial charge in [0.05, 0.1) is 6.61 Å². The average Bonchev–Trinajstić information content (AvgIpc) is 3.10. The SMILES string of the molecule is COCCN(CCCNC(C)C)C(C)C1CC1. The Morgan fingerprint density at radius 3 is 2.47 bits per heavy atom. The van der Waals surface area contributed by atoms with Crippen molar-refractivity contribution in [3.05, 3.63) is 0 Å². The highest BCUT2D eigenvalue weighted by Gasteiger charge is 2.31. The van der Waals surface area contributed by atoms with E-state index in [0.29, 0.717) is 6.04 Å². The molecule has 1 aliphatic carbocycles. The van der Waals surface area contributed by atoms with Crippen LogP contribution in [0.15, 0.2) is 0 Å². The zero-order chi connectivity index (χ0) is 12.7. The van der Waals surface area contributed by atoms with Gasteiger partial charge in [0.25, 0.3) is 0 Å². The summed E-state index contributed by atoms with van der Waals surface area (Å²) in [6, 6.07) is 1.34. The van der Waals surface area contributed by atoms with E-state index in [4.69, 9.17) is 4.74 Å². The van der Waals surface area contributed by atoms with Crippen LogP contribution in [0.4, 0.5) is 0 Å². The molecule has 0 amide bonds. The number of nitrogens with one attached hydrogen (secondary N) is 1. The van der Waals surface area contributed by atoms with Crippen molar-refractivity contribution in [3.63, 3.8) is 0 Å². The molecule has 0 spiro atoms. The van der Waals surface area contributed by atoms with Crippen LogP contribution in [-0.2, 0) is 4.74 Å². The van der Waals surface area contributed by atoms with Gasteiger partial charge in [-0.15, -0.1) is 0 Å². The van der Waals surface area contributed by atoms with E-state index >= 15 is 0 Å². The summed E-state index contributed by atoms with van der Waals surface area (Å²) in [4.78, 5) is 2.60. The Bertz CT molecular complexity index is 193. The van der Waals surface area contributed by atoms with E-state index in [0.717, 1.165) is 31.7 Å². The molecule has 3 heteroatoms. The highest BCUT2D eigenvalue weighted by molar-refractivity contribution is 4.85. The molecule has 1 saturated carbocycles. The minimum absolute atomic E-state index is 0.600. The van der Waals surface area contributed by atoms with Gasteiger partial charge in [0.2, 0.25) is 0 Å². The molecular weight excluding hydrogens is 212 g/mol. The van der Waals surface area contributed by atoms with Crippen molar-refractivity contribution >= 4 is 0 Å². The number of nitrogens with zero attached hydrogens (tertiary/aromatic N) is 1. The molecule has 3 nitrogen and oxygen atoms in total. The smallest absolute Gasteiger partial charge is 0.0589 e. The molecule has 1 N–H and O–H groups in total. The van der Waals surface area contributed by atoms with E-state index in [2.05, 4.69) is 31.0 Å². The first-order valence-corrected chi connectivity index (χ1v) is 7.11. The van der Waals surface area contributed by atoms with Gasteiger partial charge in [0.1, 0.15) is 0 Å². The van der Waals surface area contributed by atoms with Gasteiger partial charge in [-0.3, -0.25) is 4.90 Å². The molecule has 0 aromatic heterocycles. The fourth-order valence-corrected chi connectivity index (χ4v) is 2.28. The Morgan fingerprint density at radius 2 is 1.94 bits per heavy atom. The summed E-state index contributed by atoms with van der Waals surface area (Å²) in [6.45, 7) is 11.0. The third-order valence-electron chi connectivity index (χ3n) is 3.64. The predicted octanol–water partition coefficient (Wildman–Crippen LogP) is 2.12. The van der Waals surface area contributed by atoms with Crippen LogP contribution >= 0.6 is 0 Å². The summed E-state index contributed by atoms with van der Waals surface area (Å²) in [7, 11) is 1.79. The minimum Gasteiger partial charge on any atom is -0.383 e. The van der Waals surface area contributed by atoms with Crippen LogP contribution in [0.1, 0.15) is 40.0 Å². The first-order valence-electron chi connectivity index (χ1n) is 7.11. The van der Waals surface area contributed by atoms with Gasteiger partial charge in [-0.05, 0) is 45.2 Å². The van der Waals surface area contributed by atoms with E-state index in [1.165, 1.54) is 25.8 Å². The van der Waals surface area contributed by atoms with Crippen molar-refractivity contribution in [2.75, 3.05) is 33.4 Å². The Balaban J connectivity index is 2.19. The van der Waals surface area contributed by atoms with Gasteiger partial charge in [-0.25, -0.2) is 0 Å². The van der Waals surface area contributed by atoms with Gasteiger partial charge in [-0.1, -0.05) is 13.8 Å². The fourth-order valence-electron chi connectivity index (χ4n) is 2.28. The van der Waals surface area contributed by atoms with Crippen LogP contribution in [0.5, 0.6) is 0 Å². The van der Waals surface area contributed by atoms with Gasteiger partial charge in [-0.2, -0.15) is 0 Å². The molecule has 102 valence electrons. The topological polar surface area (TPSA) is 24.5 Å². The molecule has 1 unspecified atom stereocenters. The standard InChI is InChI=1S/C14H30N2O/c1-12(2)15-8-5-9-16(10-11-17-4)13(3)14-6-7-14/h12-15H,5-11H2,1-4H3. The number of hydrogen-bond donors (Lipinski definition) is 1. The molecule has 0 radical (unpaired) electrons. The highest BCUT2D eigenvalue weighted by atomic mass is 16.5. The Hall–Kier alpha value is -0.120. The van der Waals surface area contributed by atoms with Crippen LogP contribution in [0.2, 0.25) is 0 Å². The zero-order valence-corrected chi connectivity index (χ0v) is 12.0. The first-order chi connectivity index (χ1) is 8.15. The molecule has 17 heavy (non-hydrogen) atoms. The van der Waals surface area contributed by atoms with Gasteiger partial charge in [0, 0.05) is 25.7 Å². The van der Waals surface area contributed by atoms with Gasteiger partial charge >= 0.3 is 0 Å². The summed E-state index contributed by atoms with van der Waals surface area (Å²) in [6.07, 6.45) is 4.09. The number of rotatable bonds is 10. The van der Waals surface area contributed by atoms with E-state index in [1.54, 1.807) is 7.11 Å². The largest absolute Gasteiger partial charge is 0.383 e. The minimum atomic E-state index is 0.600. The molecule has 1 atom stereocenters. The second kappa shape index (κ2) is 8.06. The third kappa shape index (κ3) is 6.39. The normalized spacial score (nSPS) is 18.0. The summed E-state index contributed by atoms with van der Waals surface area (Å²) in [5, 5.41) is 3.48. The van der Waals surface area contributed by atoms with E-state index in [9.17, 15) is 0 Å². The quantitative estimate of drug-likeness (QED) is 0.594. The molecule has 0 aromatic rings. The maximum atomic E-state index is 5.21. The lowest BCUT2D eigenvalue weighted by Gasteiger charge is -2.29. The molecule has 0 bridgehead atoms. The maximum absolute atomic E-state index is 5.21. The van der Waals surface area contributed by atoms with Crippen molar-refractivity contribution < 1.29 is 4.74 Å². The van der Waals surface area contributed by atoms with Crippen LogP contribution in [0.25, 0.3) is 0 Å². The van der Waals surface area contributed by atoms with Crippen molar-refractivity contribution in [2.24, 2.45) is 5.92 Å². The summed E-state index contributed by atoms with van der Waals surface area (Å²) >= 11 is 0. The van der Waals surface area contributed by atoms with Crippen molar-refractivity contribution in [3.8, 4) is 0 Å². The van der Waals surface area contributed by atoms with Crippen LogP contribution in [0.3, 0.4) is 0 Å². The first kappa shape index (κ1) is 14.9. The Morgan fingerprint density at radius 1 is 1.24 bits per heavy atom. The number of ether oxygens (including phenoxy) is 1. The van der Waals surface area contributed by atoms with Crippen LogP contribution in [-0.4, -0.2) is 50.3 Å². The van der Waals surface area contributed by atoms with Gasteiger partial charge < -0.3 is 10.1 Å². The van der Waals surface area contributed by atoms with E-state index in [-0.39, 0.29) is 0 Å². The average molecular weight is 242 g/mol. The molecule has 0 saturated heterocycles. The van der Waals surface area contributed by atoms with E-state index < -0.39 is 0 Å². The monoisotopic (exact) mass is 242 g/mol. The number of hydrogen-bond acceptors (Lipinski definition) is 3. The lowest BCUT2D eigenvalue weighted by atomic mass is 10.1. The van der Waals surface area contributed by atoms with Crippen molar-refractivity contribution in [1.82, 2.24) is 10.2 Å². The zero-order valence-electron chi connectivity index (χ0n) is 12.0. The second-order valence-corrected chi connectivity index (χ2v) is 5.57. The Labute approximate surface area is 107 Å². The predicted molar refractivity (Wildman–Crippen MR) is 73.4 cm³/mol. The number of methoxy groups -OCH3 is 1. The fraction of sp³-hybridized carbons (Fsp3) is 1.00. The third-order valence-corrected chi connectivity index (χ3v) is 3.64. The maximum Gasteiger partial charge on any atom is 0.0589 e. The lowest BCUT2D eigenvalue weighted by Crippen LogP contribution is -2.39. The molecule has 0 heterocycles. The summed E-state index contributed by atoms with van der Waals surface area (Å²) in [5.74, 6) is 0.949. The highest BCUT2D eigenvalue weighted by Crippen LogP contribution is 2.35. The molecule has 1 fully saturated rings. The van der Waals surface area contributed by atoms with Crippen LogP contribution in [0, 0.1) is 5.92 Å². The molecule has 1 aliphatic rings. The summed E-state index contributed by atoms with van der Waals surface area (Å²) < 4.78 is 5.21. The molecule has 0 aliphatic heterocycles. The van der Waals surface area contributed by atoms with E-state index in [1.807, 2.05) is 0 Å². The van der Waals surface area contributed by atoms with Crippen molar-refractivity contribution in [2.45, 2.75) is 52.1 Å². The second-order valence-electron chi connectivity index (χ2n) is 5.57. The summed E-state index contributed by atoms with van der Waals surface area (Å²) in [5.41, 5.74) is 0. The van der Waals surface area contributed by atoms with Gasteiger partial charge in [0.15, 0.2) is 0 Å². The molecular formula is C14H30N2O. The molecule has 0 aromatic carbocycles. The lowest BCUT2D eigenvalue weighted by molar-refractivity contribution is 0.116. The van der Waals surface area contributed by atoms with Crippen molar-refractivity contribution in [1.29, 1.82) is 0 Å².